The highest BCUT2D eigenvalue weighted by Crippen LogP contribution is 2.33. The molecule has 2 atom stereocenters. The third kappa shape index (κ3) is 2.18. The van der Waals surface area contributed by atoms with Gasteiger partial charge in [-0.15, -0.1) is 11.3 Å². The third-order valence-electron chi connectivity index (χ3n) is 3.25. The van der Waals surface area contributed by atoms with E-state index in [1.54, 1.807) is 0 Å². The van der Waals surface area contributed by atoms with Gasteiger partial charge < -0.3 is 5.73 Å². The van der Waals surface area contributed by atoms with E-state index in [2.05, 4.69) is 18.4 Å². The van der Waals surface area contributed by atoms with E-state index >= 15 is 0 Å². The van der Waals surface area contributed by atoms with Crippen LogP contribution in [0, 0.1) is 6.92 Å². The average Bonchev–Trinajstić information content (AvgIpc) is 2.46. The number of hydrogen-bond donors (Lipinski definition) is 1. The molecule has 1 heterocycles. The molecule has 1 aliphatic rings. The van der Waals surface area contributed by atoms with Gasteiger partial charge in [-0.1, -0.05) is 19.3 Å². The quantitative estimate of drug-likeness (QED) is 0.705. The summed E-state index contributed by atoms with van der Waals surface area (Å²) in [5.74, 6) is 0.627. The molecule has 2 heteroatoms. The first-order chi connectivity index (χ1) is 6.77. The zero-order valence-corrected chi connectivity index (χ0v) is 9.65. The zero-order valence-electron chi connectivity index (χ0n) is 8.83. The molecule has 0 amide bonds. The minimum atomic E-state index is 0.395. The summed E-state index contributed by atoms with van der Waals surface area (Å²) in [5, 5.41) is 2.30. The summed E-state index contributed by atoms with van der Waals surface area (Å²) >= 11 is 1.85. The van der Waals surface area contributed by atoms with E-state index in [0.717, 1.165) is 0 Å². The van der Waals surface area contributed by atoms with Crippen molar-refractivity contribution < 1.29 is 0 Å². The molecule has 2 rings (SSSR count). The molecule has 0 aliphatic heterocycles. The van der Waals surface area contributed by atoms with E-state index in [0.29, 0.717) is 12.0 Å². The molecule has 2 unspecified atom stereocenters. The lowest BCUT2D eigenvalue weighted by Gasteiger charge is -2.20. The third-order valence-corrected chi connectivity index (χ3v) is 4.13. The maximum Gasteiger partial charge on any atom is 0.0108 e. The van der Waals surface area contributed by atoms with Crippen LogP contribution in [0.4, 0.5) is 0 Å². The van der Waals surface area contributed by atoms with Crippen molar-refractivity contribution in [1.82, 2.24) is 0 Å². The Balaban J connectivity index is 2.14. The first kappa shape index (κ1) is 10.2. The minimum absolute atomic E-state index is 0.395. The van der Waals surface area contributed by atoms with Crippen molar-refractivity contribution in [3.8, 4) is 0 Å². The van der Waals surface area contributed by atoms with Crippen LogP contribution in [-0.2, 0) is 0 Å². The van der Waals surface area contributed by atoms with Crippen molar-refractivity contribution in [3.63, 3.8) is 0 Å². The highest BCUT2D eigenvalue weighted by Gasteiger charge is 2.22. The van der Waals surface area contributed by atoms with Crippen LogP contribution in [0.2, 0.25) is 0 Å². The van der Waals surface area contributed by atoms with Crippen LogP contribution in [-0.4, -0.2) is 6.04 Å². The lowest BCUT2D eigenvalue weighted by molar-refractivity contribution is 0.506. The Bertz CT molecular complexity index is 292. The van der Waals surface area contributed by atoms with Crippen molar-refractivity contribution >= 4 is 11.3 Å². The van der Waals surface area contributed by atoms with Gasteiger partial charge in [0.25, 0.3) is 0 Å². The predicted molar refractivity (Wildman–Crippen MR) is 62.9 cm³/mol. The molecule has 0 radical (unpaired) electrons. The molecule has 0 spiro atoms. The smallest absolute Gasteiger partial charge is 0.0108 e. The van der Waals surface area contributed by atoms with Crippen molar-refractivity contribution in [2.45, 2.75) is 51.0 Å². The Morgan fingerprint density at radius 1 is 1.29 bits per heavy atom. The Morgan fingerprint density at radius 3 is 2.79 bits per heavy atom. The highest BCUT2D eigenvalue weighted by atomic mass is 32.1. The predicted octanol–water partition coefficient (Wildman–Crippen LogP) is 3.43. The number of thiophene rings is 1. The molecule has 1 fully saturated rings. The minimum Gasteiger partial charge on any atom is -0.327 e. The van der Waals surface area contributed by atoms with E-state index in [9.17, 15) is 0 Å². The van der Waals surface area contributed by atoms with Crippen LogP contribution in [0.25, 0.3) is 0 Å². The van der Waals surface area contributed by atoms with Gasteiger partial charge in [0.1, 0.15) is 0 Å². The fourth-order valence-corrected chi connectivity index (χ4v) is 3.18. The van der Waals surface area contributed by atoms with Gasteiger partial charge in [0, 0.05) is 10.9 Å². The Labute approximate surface area is 90.3 Å². The van der Waals surface area contributed by atoms with Gasteiger partial charge in [0.05, 0.1) is 0 Å². The molecular formula is C12H19NS. The van der Waals surface area contributed by atoms with Gasteiger partial charge in [0.15, 0.2) is 0 Å². The van der Waals surface area contributed by atoms with Crippen LogP contribution in [0.3, 0.4) is 0 Å². The average molecular weight is 209 g/mol. The van der Waals surface area contributed by atoms with Crippen molar-refractivity contribution in [3.05, 3.63) is 21.9 Å². The summed E-state index contributed by atoms with van der Waals surface area (Å²) in [5.41, 5.74) is 7.71. The first-order valence-electron chi connectivity index (χ1n) is 5.58. The lowest BCUT2D eigenvalue weighted by Crippen LogP contribution is -2.26. The largest absolute Gasteiger partial charge is 0.327 e. The lowest BCUT2D eigenvalue weighted by atomic mass is 9.90. The zero-order chi connectivity index (χ0) is 9.97. The molecule has 0 bridgehead atoms. The monoisotopic (exact) mass is 209 g/mol. The molecule has 0 saturated heterocycles. The van der Waals surface area contributed by atoms with Crippen LogP contribution in [0.1, 0.15) is 48.5 Å². The van der Waals surface area contributed by atoms with E-state index in [-0.39, 0.29) is 0 Å². The molecule has 78 valence electrons. The van der Waals surface area contributed by atoms with Gasteiger partial charge >= 0.3 is 0 Å². The maximum atomic E-state index is 6.22. The molecule has 1 aliphatic carbocycles. The Morgan fingerprint density at radius 2 is 2.07 bits per heavy atom. The van der Waals surface area contributed by atoms with E-state index < -0.39 is 0 Å². The number of hydrogen-bond acceptors (Lipinski definition) is 2. The SMILES string of the molecule is Cc1cc(C2CCCCCC2N)cs1. The maximum absolute atomic E-state index is 6.22. The first-order valence-corrected chi connectivity index (χ1v) is 6.46. The van der Waals surface area contributed by atoms with Gasteiger partial charge in [-0.3, -0.25) is 0 Å². The van der Waals surface area contributed by atoms with E-state index in [4.69, 9.17) is 5.73 Å². The van der Waals surface area contributed by atoms with Gasteiger partial charge in [-0.05, 0) is 42.7 Å². The number of rotatable bonds is 1. The van der Waals surface area contributed by atoms with Crippen LogP contribution < -0.4 is 5.73 Å². The summed E-state index contributed by atoms with van der Waals surface area (Å²) in [6, 6.07) is 2.71. The molecule has 14 heavy (non-hydrogen) atoms. The molecule has 0 aromatic carbocycles. The molecule has 2 N–H and O–H groups in total. The molecular weight excluding hydrogens is 190 g/mol. The van der Waals surface area contributed by atoms with Gasteiger partial charge in [-0.2, -0.15) is 0 Å². The standard InChI is InChI=1S/C12H19NS/c1-9-7-10(8-14-9)11-5-3-2-4-6-12(11)13/h7-8,11-12H,2-6,13H2,1H3. The second kappa shape index (κ2) is 4.45. The number of nitrogens with two attached hydrogens (primary N) is 1. The molecule has 1 aromatic rings. The van der Waals surface area contributed by atoms with Gasteiger partial charge in [0.2, 0.25) is 0 Å². The summed E-state index contributed by atoms with van der Waals surface area (Å²) in [6.45, 7) is 2.18. The Kier molecular flexibility index (Phi) is 3.24. The van der Waals surface area contributed by atoms with Crippen LogP contribution in [0.15, 0.2) is 11.4 Å². The fraction of sp³-hybridized carbons (Fsp3) is 0.667. The van der Waals surface area contributed by atoms with Gasteiger partial charge in [-0.25, -0.2) is 0 Å². The molecule has 1 nitrogen and oxygen atoms in total. The summed E-state index contributed by atoms with van der Waals surface area (Å²) < 4.78 is 0. The summed E-state index contributed by atoms with van der Waals surface area (Å²) in [4.78, 5) is 1.41. The second-order valence-electron chi connectivity index (χ2n) is 4.40. The van der Waals surface area contributed by atoms with Crippen LogP contribution >= 0.6 is 11.3 Å². The van der Waals surface area contributed by atoms with E-state index in [1.165, 1.54) is 42.5 Å². The normalized spacial score (nSPS) is 28.7. The molecule has 1 saturated carbocycles. The van der Waals surface area contributed by atoms with Crippen molar-refractivity contribution in [2.75, 3.05) is 0 Å². The summed E-state index contributed by atoms with van der Waals surface area (Å²) in [6.07, 6.45) is 6.54. The second-order valence-corrected chi connectivity index (χ2v) is 5.51. The topological polar surface area (TPSA) is 26.0 Å². The number of aryl methyl sites for hydroxylation is 1. The van der Waals surface area contributed by atoms with Crippen molar-refractivity contribution in [2.24, 2.45) is 5.73 Å². The van der Waals surface area contributed by atoms with E-state index in [1.807, 2.05) is 11.3 Å². The van der Waals surface area contributed by atoms with Crippen molar-refractivity contribution in [1.29, 1.82) is 0 Å². The summed E-state index contributed by atoms with van der Waals surface area (Å²) in [7, 11) is 0. The van der Waals surface area contributed by atoms with Crippen LogP contribution in [0.5, 0.6) is 0 Å². The Hall–Kier alpha value is -0.340. The highest BCUT2D eigenvalue weighted by molar-refractivity contribution is 7.10. The molecule has 1 aromatic heterocycles. The fourth-order valence-electron chi connectivity index (χ4n) is 2.41.